The Balaban J connectivity index is 1.75. The second-order valence-corrected chi connectivity index (χ2v) is 11.3. The Labute approximate surface area is 257 Å². The van der Waals surface area contributed by atoms with Gasteiger partial charge in [0.2, 0.25) is 0 Å². The van der Waals surface area contributed by atoms with Crippen molar-refractivity contribution in [2.75, 3.05) is 14.2 Å². The molecule has 0 saturated carbocycles. The molecule has 0 aliphatic rings. The van der Waals surface area contributed by atoms with Gasteiger partial charge in [0.15, 0.2) is 0 Å². The normalized spacial score (nSPS) is 10.7. The zero-order valence-corrected chi connectivity index (χ0v) is 24.7. The molecule has 0 N–H and O–H groups in total. The smallest absolute Gasteiger partial charge is 0.294 e. The van der Waals surface area contributed by atoms with Crippen molar-refractivity contribution in [1.82, 2.24) is 0 Å². The minimum absolute atomic E-state index is 0.0125. The van der Waals surface area contributed by atoms with E-state index in [2.05, 4.69) is 0 Å². The van der Waals surface area contributed by atoms with E-state index in [1.807, 2.05) is 0 Å². The Morgan fingerprint density at radius 1 is 0.523 bits per heavy atom. The number of nitro groups is 4. The molecule has 44 heavy (non-hydrogen) atoms. The first-order chi connectivity index (χ1) is 21.0. The van der Waals surface area contributed by atoms with E-state index in [0.29, 0.717) is 22.6 Å². The summed E-state index contributed by atoms with van der Waals surface area (Å²) in [5, 5.41) is 48.2. The van der Waals surface area contributed by atoms with Gasteiger partial charge >= 0.3 is 0 Å². The maximum Gasteiger partial charge on any atom is 0.294 e. The van der Waals surface area contributed by atoms with Crippen molar-refractivity contribution in [3.8, 4) is 11.5 Å². The summed E-state index contributed by atoms with van der Waals surface area (Å²) in [6.07, 6.45) is -0.279. The van der Waals surface area contributed by atoms with Gasteiger partial charge in [-0.3, -0.25) is 40.5 Å². The van der Waals surface area contributed by atoms with Crippen molar-refractivity contribution in [1.29, 1.82) is 0 Å². The van der Waals surface area contributed by atoms with Crippen LogP contribution in [0.3, 0.4) is 0 Å². The molecule has 14 nitrogen and oxygen atoms in total. The highest BCUT2D eigenvalue weighted by Crippen LogP contribution is 2.49. The molecule has 226 valence electrons. The fourth-order valence-electron chi connectivity index (χ4n) is 4.42. The topological polar surface area (TPSA) is 191 Å². The Bertz CT molecular complexity index is 1620. The van der Waals surface area contributed by atoms with Gasteiger partial charge in [0.25, 0.3) is 22.7 Å². The molecule has 4 aromatic carbocycles. The van der Waals surface area contributed by atoms with Crippen LogP contribution >= 0.6 is 21.6 Å². The number of nitro benzene ring substituents is 4. The van der Waals surface area contributed by atoms with E-state index in [4.69, 9.17) is 9.47 Å². The standard InChI is InChI=1S/C28H22N4O10S2/c1-41-19-7-3-17(4-8-19)15-21-23(29(33)34)11-13-25(27(21)31(37)38)43-44-26-14-12-24(30(35)36)22(28(26)32(39)40)16-18-5-9-20(42-2)10-6-18/h3-14H,15-16H2,1-2H3. The highest BCUT2D eigenvalue weighted by molar-refractivity contribution is 8.76. The zero-order chi connectivity index (χ0) is 32.0. The van der Waals surface area contributed by atoms with Gasteiger partial charge in [-0.05, 0) is 69.1 Å². The second kappa shape index (κ2) is 13.8. The molecule has 0 heterocycles. The zero-order valence-electron chi connectivity index (χ0n) is 23.0. The van der Waals surface area contributed by atoms with Crippen LogP contribution in [-0.4, -0.2) is 33.9 Å². The monoisotopic (exact) mass is 638 g/mol. The highest BCUT2D eigenvalue weighted by atomic mass is 33.1. The van der Waals surface area contributed by atoms with E-state index < -0.39 is 42.4 Å². The van der Waals surface area contributed by atoms with Gasteiger partial charge in [0.1, 0.15) is 22.6 Å². The van der Waals surface area contributed by atoms with Crippen LogP contribution in [0.15, 0.2) is 82.6 Å². The largest absolute Gasteiger partial charge is 0.497 e. The van der Waals surface area contributed by atoms with E-state index in [-0.39, 0.29) is 33.8 Å². The quantitative estimate of drug-likeness (QED) is 0.0806. The van der Waals surface area contributed by atoms with Crippen molar-refractivity contribution < 1.29 is 29.2 Å². The average molecular weight is 639 g/mol. The maximum absolute atomic E-state index is 12.3. The molecule has 0 atom stereocenters. The molecule has 0 fully saturated rings. The third-order valence-electron chi connectivity index (χ3n) is 6.50. The number of methoxy groups -OCH3 is 2. The first-order valence-electron chi connectivity index (χ1n) is 12.5. The minimum atomic E-state index is -0.728. The Hall–Kier alpha value is -5.22. The van der Waals surface area contributed by atoms with Crippen LogP contribution < -0.4 is 9.47 Å². The molecule has 0 saturated heterocycles. The molecule has 0 aromatic heterocycles. The summed E-state index contributed by atoms with van der Waals surface area (Å²) in [5.74, 6) is 1.07. The van der Waals surface area contributed by atoms with Crippen LogP contribution in [0.5, 0.6) is 11.5 Å². The van der Waals surface area contributed by atoms with E-state index in [1.165, 1.54) is 26.4 Å². The van der Waals surface area contributed by atoms with Gasteiger partial charge in [-0.2, -0.15) is 0 Å². The van der Waals surface area contributed by atoms with Crippen molar-refractivity contribution in [3.05, 3.63) is 136 Å². The summed E-state index contributed by atoms with van der Waals surface area (Å²) in [4.78, 5) is 45.3. The van der Waals surface area contributed by atoms with Gasteiger partial charge in [-0.1, -0.05) is 24.3 Å². The Kier molecular flexibility index (Phi) is 9.97. The molecule has 0 bridgehead atoms. The van der Waals surface area contributed by atoms with Crippen LogP contribution in [0.4, 0.5) is 22.7 Å². The van der Waals surface area contributed by atoms with Gasteiger partial charge < -0.3 is 9.47 Å². The first-order valence-corrected chi connectivity index (χ1v) is 14.7. The first kappa shape index (κ1) is 31.7. The molecule has 0 aliphatic carbocycles. The Morgan fingerprint density at radius 3 is 1.14 bits per heavy atom. The number of hydrogen-bond donors (Lipinski definition) is 0. The summed E-state index contributed by atoms with van der Waals surface area (Å²) >= 11 is 0. The number of benzene rings is 4. The third-order valence-corrected chi connectivity index (χ3v) is 8.93. The number of nitrogens with zero attached hydrogens (tertiary/aromatic N) is 4. The molecule has 4 rings (SSSR count). The molecule has 0 spiro atoms. The summed E-state index contributed by atoms with van der Waals surface area (Å²) in [6, 6.07) is 17.7. The SMILES string of the molecule is COc1ccc(Cc2c([N+](=O)[O-])ccc(SSc3ccc([N+](=O)[O-])c(Cc4ccc(OC)cc4)c3[N+](=O)[O-])c2[N+](=O)[O-])cc1. The van der Waals surface area contributed by atoms with Crippen molar-refractivity contribution in [2.45, 2.75) is 22.6 Å². The van der Waals surface area contributed by atoms with Crippen molar-refractivity contribution >= 4 is 44.3 Å². The molecule has 16 heteroatoms. The van der Waals surface area contributed by atoms with Crippen molar-refractivity contribution in [2.24, 2.45) is 0 Å². The van der Waals surface area contributed by atoms with Crippen LogP contribution in [-0.2, 0) is 12.8 Å². The molecular weight excluding hydrogens is 616 g/mol. The molecule has 4 aromatic rings. The van der Waals surface area contributed by atoms with E-state index in [1.54, 1.807) is 48.5 Å². The predicted molar refractivity (Wildman–Crippen MR) is 163 cm³/mol. The number of rotatable bonds is 13. The number of ether oxygens (including phenoxy) is 2. The lowest BCUT2D eigenvalue weighted by Gasteiger charge is -2.11. The third kappa shape index (κ3) is 7.04. The van der Waals surface area contributed by atoms with Gasteiger partial charge in [-0.15, -0.1) is 0 Å². The van der Waals surface area contributed by atoms with Crippen molar-refractivity contribution in [3.63, 3.8) is 0 Å². The van der Waals surface area contributed by atoms with Gasteiger partial charge in [0.05, 0.1) is 43.7 Å². The molecular formula is C28H22N4O10S2. The fourth-order valence-corrected chi connectivity index (χ4v) is 6.74. The lowest BCUT2D eigenvalue weighted by Crippen LogP contribution is -2.04. The molecule has 0 amide bonds. The van der Waals surface area contributed by atoms with Gasteiger partial charge in [-0.25, -0.2) is 0 Å². The maximum atomic E-state index is 12.3. The summed E-state index contributed by atoms with van der Waals surface area (Å²) in [7, 11) is 4.52. The minimum Gasteiger partial charge on any atom is -0.497 e. The van der Waals surface area contributed by atoms with Crippen LogP contribution in [0.25, 0.3) is 0 Å². The van der Waals surface area contributed by atoms with E-state index in [0.717, 1.165) is 33.7 Å². The van der Waals surface area contributed by atoms with Crippen LogP contribution in [0, 0.1) is 40.5 Å². The molecule has 0 unspecified atom stereocenters. The van der Waals surface area contributed by atoms with E-state index in [9.17, 15) is 40.5 Å². The highest BCUT2D eigenvalue weighted by Gasteiger charge is 2.32. The van der Waals surface area contributed by atoms with Gasteiger partial charge in [0, 0.05) is 25.0 Å². The summed E-state index contributed by atoms with van der Waals surface area (Å²) in [5.41, 5.74) is -1.12. The summed E-state index contributed by atoms with van der Waals surface area (Å²) < 4.78 is 10.2. The average Bonchev–Trinajstić information content (AvgIpc) is 3.00. The lowest BCUT2D eigenvalue weighted by molar-refractivity contribution is -0.397. The van der Waals surface area contributed by atoms with Crippen LogP contribution in [0.1, 0.15) is 22.3 Å². The lowest BCUT2D eigenvalue weighted by atomic mass is 10.0. The summed E-state index contributed by atoms with van der Waals surface area (Å²) in [6.45, 7) is 0. The molecule has 0 aliphatic heterocycles. The van der Waals surface area contributed by atoms with Crippen LogP contribution in [0.2, 0.25) is 0 Å². The number of hydrogen-bond acceptors (Lipinski definition) is 12. The van der Waals surface area contributed by atoms with E-state index >= 15 is 0 Å². The fraction of sp³-hybridized carbons (Fsp3) is 0.143. The Morgan fingerprint density at radius 2 is 0.864 bits per heavy atom. The molecule has 0 radical (unpaired) electrons. The predicted octanol–water partition coefficient (Wildman–Crippen LogP) is 7.32. The second-order valence-electron chi connectivity index (χ2n) is 9.06.